The second-order valence-corrected chi connectivity index (χ2v) is 6.35. The number of aromatic nitrogens is 1. The number of esters is 1. The van der Waals surface area contributed by atoms with E-state index in [9.17, 15) is 20.0 Å². The maximum absolute atomic E-state index is 12.6. The molecule has 0 atom stereocenters. The predicted molar refractivity (Wildman–Crippen MR) is 109 cm³/mol. The number of nitriles is 1. The molecule has 0 radical (unpaired) electrons. The van der Waals surface area contributed by atoms with E-state index in [0.717, 1.165) is 4.57 Å². The summed E-state index contributed by atoms with van der Waals surface area (Å²) < 4.78 is 11.2. The molecule has 152 valence electrons. The maximum Gasteiger partial charge on any atom is 0.338 e. The van der Waals surface area contributed by atoms with Crippen LogP contribution in [-0.4, -0.2) is 28.5 Å². The van der Waals surface area contributed by atoms with Gasteiger partial charge in [0.25, 0.3) is 5.56 Å². The number of nitrogens with zero attached hydrogens (tertiary/aromatic N) is 3. The van der Waals surface area contributed by atoms with E-state index >= 15 is 0 Å². The van der Waals surface area contributed by atoms with E-state index in [4.69, 9.17) is 9.15 Å². The number of hydrogen-bond donors (Lipinski definition) is 1. The molecule has 3 aromatic rings. The first-order chi connectivity index (χ1) is 14.5. The van der Waals surface area contributed by atoms with Crippen LogP contribution < -0.4 is 5.56 Å². The molecule has 0 aliphatic heterocycles. The zero-order chi connectivity index (χ0) is 21.7. The normalized spacial score (nSPS) is 10.8. The lowest BCUT2D eigenvalue weighted by molar-refractivity contribution is 0.0526. The van der Waals surface area contributed by atoms with Crippen molar-refractivity contribution in [1.29, 1.82) is 5.26 Å². The van der Waals surface area contributed by atoms with Gasteiger partial charge in [0, 0.05) is 6.21 Å². The van der Waals surface area contributed by atoms with Gasteiger partial charge in [0.1, 0.15) is 17.4 Å². The third-order valence-electron chi connectivity index (χ3n) is 4.46. The summed E-state index contributed by atoms with van der Waals surface area (Å²) in [7, 11) is 0. The lowest BCUT2D eigenvalue weighted by atomic mass is 10.1. The Balaban J connectivity index is 1.98. The molecule has 2 heterocycles. The minimum atomic E-state index is -0.611. The molecular weight excluding hydrogens is 386 g/mol. The van der Waals surface area contributed by atoms with Gasteiger partial charge >= 0.3 is 5.97 Å². The lowest BCUT2D eigenvalue weighted by Crippen LogP contribution is -2.25. The monoisotopic (exact) mass is 405 g/mol. The Morgan fingerprint density at radius 2 is 2.07 bits per heavy atom. The molecule has 30 heavy (non-hydrogen) atoms. The molecule has 1 N–H and O–H groups in total. The Morgan fingerprint density at radius 3 is 2.67 bits per heavy atom. The minimum absolute atomic E-state index is 0.0261. The van der Waals surface area contributed by atoms with Gasteiger partial charge in [-0.2, -0.15) is 5.26 Å². The van der Waals surface area contributed by atoms with Gasteiger partial charge in [-0.1, -0.05) is 0 Å². The third kappa shape index (κ3) is 4.15. The van der Waals surface area contributed by atoms with Crippen LogP contribution in [0, 0.1) is 18.3 Å². The number of aromatic hydroxyl groups is 1. The average molecular weight is 405 g/mol. The van der Waals surface area contributed by atoms with E-state index in [1.807, 2.05) is 6.07 Å². The van der Waals surface area contributed by atoms with Crippen LogP contribution in [0.2, 0.25) is 0 Å². The number of carbonyl (C=O) groups is 1. The molecule has 0 saturated carbocycles. The fourth-order valence-corrected chi connectivity index (χ4v) is 2.87. The molecule has 0 fully saturated rings. The Bertz CT molecular complexity index is 1180. The van der Waals surface area contributed by atoms with Crippen LogP contribution in [-0.2, 0) is 11.3 Å². The average Bonchev–Trinajstić information content (AvgIpc) is 3.25. The molecule has 0 saturated heterocycles. The number of benzene rings is 1. The highest BCUT2D eigenvalue weighted by molar-refractivity contribution is 5.90. The highest BCUT2D eigenvalue weighted by Crippen LogP contribution is 2.22. The van der Waals surface area contributed by atoms with Crippen LogP contribution >= 0.6 is 0 Å². The molecule has 0 aliphatic rings. The second-order valence-electron chi connectivity index (χ2n) is 6.35. The van der Waals surface area contributed by atoms with Gasteiger partial charge in [0.2, 0.25) is 5.88 Å². The molecule has 8 heteroatoms. The first-order valence-electron chi connectivity index (χ1n) is 9.16. The fourth-order valence-electron chi connectivity index (χ4n) is 2.87. The molecule has 2 aromatic heterocycles. The van der Waals surface area contributed by atoms with Gasteiger partial charge in [-0.25, -0.2) is 4.79 Å². The number of carbonyl (C=O) groups excluding carboxylic acids is 1. The van der Waals surface area contributed by atoms with Crippen LogP contribution in [0.25, 0.3) is 0 Å². The Morgan fingerprint density at radius 1 is 1.33 bits per heavy atom. The Kier molecular flexibility index (Phi) is 6.13. The van der Waals surface area contributed by atoms with Gasteiger partial charge in [-0.05, 0) is 55.8 Å². The van der Waals surface area contributed by atoms with Crippen molar-refractivity contribution >= 4 is 17.9 Å². The van der Waals surface area contributed by atoms with E-state index in [2.05, 4.69) is 4.99 Å². The number of pyridine rings is 1. The van der Waals surface area contributed by atoms with Crippen molar-refractivity contribution in [3.8, 4) is 11.9 Å². The van der Waals surface area contributed by atoms with Gasteiger partial charge in [0.15, 0.2) is 0 Å². The molecule has 0 unspecified atom stereocenters. The molecule has 0 spiro atoms. The van der Waals surface area contributed by atoms with E-state index in [1.165, 1.54) is 12.5 Å². The van der Waals surface area contributed by atoms with Crippen LogP contribution in [0.5, 0.6) is 5.88 Å². The third-order valence-corrected chi connectivity index (χ3v) is 4.46. The number of furan rings is 1. The quantitative estimate of drug-likeness (QED) is 0.497. The lowest BCUT2D eigenvalue weighted by Gasteiger charge is -2.13. The SMILES string of the molecule is CCOC(=O)c1ccc(N=Cc2c(C)c(C#N)c(=O)n(Cc3ccco3)c2O)cc1. The van der Waals surface area contributed by atoms with Gasteiger partial charge < -0.3 is 14.3 Å². The van der Waals surface area contributed by atoms with E-state index < -0.39 is 11.5 Å². The first-order valence-corrected chi connectivity index (χ1v) is 9.16. The zero-order valence-corrected chi connectivity index (χ0v) is 16.5. The smallest absolute Gasteiger partial charge is 0.338 e. The topological polar surface area (TPSA) is 118 Å². The molecule has 1 aromatic carbocycles. The van der Waals surface area contributed by atoms with E-state index in [1.54, 1.807) is 50.2 Å². The Labute approximate surface area is 172 Å². The van der Waals surface area contributed by atoms with Crippen molar-refractivity contribution in [3.05, 3.63) is 81.0 Å². The minimum Gasteiger partial charge on any atom is -0.494 e. The summed E-state index contributed by atoms with van der Waals surface area (Å²) in [5.74, 6) is -0.289. The molecule has 3 rings (SSSR count). The molecule has 8 nitrogen and oxygen atoms in total. The van der Waals surface area contributed by atoms with Crippen LogP contribution in [0.1, 0.15) is 39.7 Å². The standard InChI is InChI=1S/C22H19N3O5/c1-3-29-22(28)15-6-8-16(9-7-15)24-12-19-14(2)18(11-23)20(26)25(21(19)27)13-17-5-4-10-30-17/h4-10,12,27H,3,13H2,1-2H3. The second kappa shape index (κ2) is 8.92. The number of ether oxygens (including phenoxy) is 1. The van der Waals surface area contributed by atoms with Crippen molar-refractivity contribution in [1.82, 2.24) is 4.57 Å². The maximum atomic E-state index is 12.6. The first kappa shape index (κ1) is 20.6. The summed E-state index contributed by atoms with van der Waals surface area (Å²) in [5.41, 5.74) is 0.783. The van der Waals surface area contributed by atoms with Gasteiger partial charge in [0.05, 0.1) is 36.2 Å². The Hall–Kier alpha value is -4.12. The summed E-state index contributed by atoms with van der Waals surface area (Å²) in [5, 5.41) is 20.1. The van der Waals surface area contributed by atoms with E-state index in [-0.39, 0.29) is 30.2 Å². The summed E-state index contributed by atoms with van der Waals surface area (Å²) in [6, 6.07) is 11.6. The largest absolute Gasteiger partial charge is 0.494 e. The fraction of sp³-hybridized carbons (Fsp3) is 0.182. The zero-order valence-electron chi connectivity index (χ0n) is 16.5. The van der Waals surface area contributed by atoms with Crippen molar-refractivity contribution in [3.63, 3.8) is 0 Å². The molecular formula is C22H19N3O5. The molecule has 0 amide bonds. The summed E-state index contributed by atoms with van der Waals surface area (Å²) in [6.45, 7) is 3.56. The van der Waals surface area contributed by atoms with Crippen molar-refractivity contribution < 1.29 is 19.1 Å². The van der Waals surface area contributed by atoms with Crippen LogP contribution in [0.15, 0.2) is 56.9 Å². The number of rotatable bonds is 6. The van der Waals surface area contributed by atoms with Crippen molar-refractivity contribution in [2.45, 2.75) is 20.4 Å². The van der Waals surface area contributed by atoms with Gasteiger partial charge in [-0.15, -0.1) is 0 Å². The van der Waals surface area contributed by atoms with Crippen molar-refractivity contribution in [2.75, 3.05) is 6.61 Å². The van der Waals surface area contributed by atoms with Crippen LogP contribution in [0.3, 0.4) is 0 Å². The summed E-state index contributed by atoms with van der Waals surface area (Å²) in [6.07, 6.45) is 2.84. The van der Waals surface area contributed by atoms with Crippen LogP contribution in [0.4, 0.5) is 5.69 Å². The predicted octanol–water partition coefficient (Wildman–Crippen LogP) is 3.30. The highest BCUT2D eigenvalue weighted by Gasteiger charge is 2.18. The van der Waals surface area contributed by atoms with E-state index in [0.29, 0.717) is 22.6 Å². The summed E-state index contributed by atoms with van der Waals surface area (Å²) in [4.78, 5) is 28.6. The number of aliphatic imine (C=N–C) groups is 1. The highest BCUT2D eigenvalue weighted by atomic mass is 16.5. The molecule has 0 aliphatic carbocycles. The number of hydrogen-bond acceptors (Lipinski definition) is 7. The molecule has 0 bridgehead atoms. The van der Waals surface area contributed by atoms with Crippen molar-refractivity contribution in [2.24, 2.45) is 4.99 Å². The van der Waals surface area contributed by atoms with Gasteiger partial charge in [-0.3, -0.25) is 14.4 Å². The summed E-state index contributed by atoms with van der Waals surface area (Å²) >= 11 is 0.